The molecule has 11 heteroatoms. The average Bonchev–Trinajstić information content (AvgIpc) is 3.28. The molecular formula is C37H37F3N4O3S. The third kappa shape index (κ3) is 7.21. The van der Waals surface area contributed by atoms with Crippen molar-refractivity contribution in [2.75, 3.05) is 0 Å². The largest absolute Gasteiger partial charge is 0.487 e. The van der Waals surface area contributed by atoms with Crippen LogP contribution < -0.4 is 4.74 Å². The van der Waals surface area contributed by atoms with Crippen molar-refractivity contribution in [2.24, 2.45) is 5.41 Å². The van der Waals surface area contributed by atoms with Gasteiger partial charge in [-0.25, -0.2) is 0 Å². The second kappa shape index (κ2) is 12.9. The summed E-state index contributed by atoms with van der Waals surface area (Å²) >= 11 is 1.72. The third-order valence-electron chi connectivity index (χ3n) is 8.67. The number of nitrogens with zero attached hydrogens (tertiary/aromatic N) is 4. The van der Waals surface area contributed by atoms with Crippen LogP contribution in [-0.4, -0.2) is 35.3 Å². The van der Waals surface area contributed by atoms with Gasteiger partial charge in [0.25, 0.3) is 0 Å². The van der Waals surface area contributed by atoms with E-state index in [0.717, 1.165) is 51.4 Å². The first kappa shape index (κ1) is 33.5. The Kier molecular flexibility index (Phi) is 9.02. The van der Waals surface area contributed by atoms with E-state index in [-0.39, 0.29) is 11.4 Å². The number of carboxylic acid groups (broad SMARTS) is 1. The Hall–Kier alpha value is -4.38. The summed E-state index contributed by atoms with van der Waals surface area (Å²) in [7, 11) is 0. The van der Waals surface area contributed by atoms with Gasteiger partial charge in [0.05, 0.1) is 34.3 Å². The molecule has 0 atom stereocenters. The SMILES string of the molecule is Cc1cnc(COc2ccc3c(c2)c(SC(C)(C)C)c(CC2(C(=O)O)CCC2)n3Cc2ccc(-c3ccc(C(F)(F)F)cn3)cc2)cn1. The van der Waals surface area contributed by atoms with Crippen molar-refractivity contribution in [1.82, 2.24) is 19.5 Å². The summed E-state index contributed by atoms with van der Waals surface area (Å²) in [6.45, 7) is 9.05. The van der Waals surface area contributed by atoms with Crippen LogP contribution in [0, 0.1) is 12.3 Å². The summed E-state index contributed by atoms with van der Waals surface area (Å²) in [5, 5.41) is 11.3. The van der Waals surface area contributed by atoms with E-state index in [1.54, 1.807) is 24.2 Å². The number of alkyl halides is 3. The minimum atomic E-state index is -4.45. The number of rotatable bonds is 10. The number of benzene rings is 2. The van der Waals surface area contributed by atoms with Gasteiger partial charge in [0.2, 0.25) is 0 Å². The molecular weight excluding hydrogens is 637 g/mol. The van der Waals surface area contributed by atoms with E-state index in [0.29, 0.717) is 48.5 Å². The van der Waals surface area contributed by atoms with Gasteiger partial charge < -0.3 is 14.4 Å². The van der Waals surface area contributed by atoms with E-state index in [9.17, 15) is 23.1 Å². The van der Waals surface area contributed by atoms with Crippen LogP contribution in [0.2, 0.25) is 0 Å². The molecule has 1 saturated carbocycles. The number of carboxylic acids is 1. The number of thioether (sulfide) groups is 1. The number of aromatic nitrogens is 4. The zero-order valence-electron chi connectivity index (χ0n) is 27.3. The summed E-state index contributed by atoms with van der Waals surface area (Å²) in [6.07, 6.45) is 2.35. The van der Waals surface area contributed by atoms with E-state index in [1.165, 1.54) is 6.07 Å². The second-order valence-electron chi connectivity index (χ2n) is 13.4. The number of ether oxygens (including phenoxy) is 1. The Morgan fingerprint density at radius 1 is 0.979 bits per heavy atom. The summed E-state index contributed by atoms with van der Waals surface area (Å²) in [5.41, 5.74) is 3.99. The molecule has 1 N–H and O–H groups in total. The molecule has 0 spiro atoms. The Morgan fingerprint density at radius 3 is 2.29 bits per heavy atom. The summed E-state index contributed by atoms with van der Waals surface area (Å²) in [4.78, 5) is 26.4. The van der Waals surface area contributed by atoms with E-state index in [4.69, 9.17) is 4.74 Å². The van der Waals surface area contributed by atoms with Crippen LogP contribution in [0.5, 0.6) is 5.75 Å². The van der Waals surface area contributed by atoms with Crippen molar-refractivity contribution in [3.05, 3.63) is 101 Å². The molecule has 3 aromatic heterocycles. The Morgan fingerprint density at radius 2 is 1.73 bits per heavy atom. The fraction of sp³-hybridized carbons (Fsp3) is 0.351. The van der Waals surface area contributed by atoms with Gasteiger partial charge in [-0.2, -0.15) is 13.2 Å². The fourth-order valence-electron chi connectivity index (χ4n) is 5.96. The van der Waals surface area contributed by atoms with Crippen molar-refractivity contribution in [2.45, 2.75) is 82.3 Å². The Balaban J connectivity index is 1.39. The number of pyridine rings is 1. The van der Waals surface area contributed by atoms with E-state index < -0.39 is 23.1 Å². The number of aliphatic carboxylic acids is 1. The zero-order valence-corrected chi connectivity index (χ0v) is 28.1. The summed E-state index contributed by atoms with van der Waals surface area (Å²) in [6, 6.07) is 16.0. The van der Waals surface area contributed by atoms with Crippen LogP contribution in [0.1, 0.15) is 68.2 Å². The number of carbonyl (C=O) groups is 1. The van der Waals surface area contributed by atoms with Gasteiger partial charge in [-0.1, -0.05) is 51.5 Å². The number of aryl methyl sites for hydroxylation is 1. The number of halogens is 3. The number of fused-ring (bicyclic) bond motifs is 1. The maximum absolute atomic E-state index is 13.0. The highest BCUT2D eigenvalue weighted by molar-refractivity contribution is 8.00. The van der Waals surface area contributed by atoms with Gasteiger partial charge in [0.1, 0.15) is 12.4 Å². The molecule has 1 fully saturated rings. The molecule has 0 bridgehead atoms. The van der Waals surface area contributed by atoms with Crippen molar-refractivity contribution >= 4 is 28.6 Å². The molecule has 0 unspecified atom stereocenters. The maximum atomic E-state index is 13.0. The van der Waals surface area contributed by atoms with Gasteiger partial charge in [-0.05, 0) is 55.7 Å². The van der Waals surface area contributed by atoms with Crippen LogP contribution in [-0.2, 0) is 30.5 Å². The fourth-order valence-corrected chi connectivity index (χ4v) is 7.15. The maximum Gasteiger partial charge on any atom is 0.417 e. The van der Waals surface area contributed by atoms with Crippen LogP contribution in [0.4, 0.5) is 13.2 Å². The van der Waals surface area contributed by atoms with Crippen LogP contribution in [0.15, 0.2) is 78.1 Å². The van der Waals surface area contributed by atoms with E-state index >= 15 is 0 Å². The summed E-state index contributed by atoms with van der Waals surface area (Å²) < 4.78 is 47.4. The smallest absolute Gasteiger partial charge is 0.417 e. The lowest BCUT2D eigenvalue weighted by Crippen LogP contribution is -2.40. The van der Waals surface area contributed by atoms with E-state index in [1.807, 2.05) is 49.4 Å². The monoisotopic (exact) mass is 674 g/mol. The lowest BCUT2D eigenvalue weighted by atomic mass is 9.66. The first-order valence-corrected chi connectivity index (χ1v) is 16.6. The van der Waals surface area contributed by atoms with Crippen molar-refractivity contribution in [1.29, 1.82) is 0 Å². The molecule has 1 aliphatic carbocycles. The van der Waals surface area contributed by atoms with Crippen LogP contribution in [0.3, 0.4) is 0 Å². The molecule has 0 amide bonds. The molecule has 7 nitrogen and oxygen atoms in total. The van der Waals surface area contributed by atoms with Crippen molar-refractivity contribution in [3.63, 3.8) is 0 Å². The standard InChI is InChI=1S/C37H37F3N4O3S/c1-23-18-42-27(20-41-23)22-47-28-11-13-31-29(16-28)33(48-35(2,3)4)32(17-36(34(45)46)14-5-15-36)44(31)21-24-6-8-25(9-7-24)30-12-10-26(19-43-30)37(38,39)40/h6-13,16,18-20H,5,14-15,17,21-22H2,1-4H3,(H,45,46). The highest BCUT2D eigenvalue weighted by atomic mass is 32.2. The predicted molar refractivity (Wildman–Crippen MR) is 180 cm³/mol. The molecule has 0 saturated heterocycles. The lowest BCUT2D eigenvalue weighted by Gasteiger charge is -2.38. The average molecular weight is 675 g/mol. The van der Waals surface area contributed by atoms with Crippen LogP contribution >= 0.6 is 11.8 Å². The normalized spacial score (nSPS) is 14.6. The Bertz CT molecular complexity index is 1930. The molecule has 0 radical (unpaired) electrons. The lowest BCUT2D eigenvalue weighted by molar-refractivity contribution is -0.154. The first-order chi connectivity index (χ1) is 22.7. The van der Waals surface area contributed by atoms with Crippen LogP contribution in [0.25, 0.3) is 22.2 Å². The van der Waals surface area contributed by atoms with Gasteiger partial charge in [0, 0.05) is 57.2 Å². The van der Waals surface area contributed by atoms with Gasteiger partial charge in [0.15, 0.2) is 0 Å². The summed E-state index contributed by atoms with van der Waals surface area (Å²) in [5.74, 6) is -0.0943. The van der Waals surface area contributed by atoms with Crippen molar-refractivity contribution < 1.29 is 27.8 Å². The molecule has 6 rings (SSSR count). The molecule has 250 valence electrons. The predicted octanol–water partition coefficient (Wildman–Crippen LogP) is 9.14. The topological polar surface area (TPSA) is 90.1 Å². The Labute approximate surface area is 281 Å². The molecule has 3 heterocycles. The molecule has 48 heavy (non-hydrogen) atoms. The highest BCUT2D eigenvalue weighted by Crippen LogP contribution is 2.49. The minimum Gasteiger partial charge on any atom is -0.487 e. The molecule has 1 aliphatic rings. The minimum absolute atomic E-state index is 0.158. The van der Waals surface area contributed by atoms with Gasteiger partial charge >= 0.3 is 12.1 Å². The van der Waals surface area contributed by atoms with Gasteiger partial charge in [-0.3, -0.25) is 19.7 Å². The molecule has 2 aromatic carbocycles. The molecule has 5 aromatic rings. The van der Waals surface area contributed by atoms with E-state index in [2.05, 4.69) is 40.3 Å². The first-order valence-electron chi connectivity index (χ1n) is 15.8. The zero-order chi connectivity index (χ0) is 34.3. The van der Waals surface area contributed by atoms with Gasteiger partial charge in [-0.15, -0.1) is 11.8 Å². The molecule has 0 aliphatic heterocycles. The quantitative estimate of drug-likeness (QED) is 0.148. The highest BCUT2D eigenvalue weighted by Gasteiger charge is 2.46. The second-order valence-corrected chi connectivity index (χ2v) is 15.3. The third-order valence-corrected chi connectivity index (χ3v) is 9.94. The number of hydrogen-bond donors (Lipinski definition) is 1. The number of hydrogen-bond acceptors (Lipinski definition) is 6. The van der Waals surface area contributed by atoms with Crippen molar-refractivity contribution in [3.8, 4) is 17.0 Å².